The summed E-state index contributed by atoms with van der Waals surface area (Å²) >= 11 is 0. The highest BCUT2D eigenvalue weighted by atomic mass is 16.1. The van der Waals surface area contributed by atoms with E-state index in [2.05, 4.69) is 44.4 Å². The van der Waals surface area contributed by atoms with Crippen LogP contribution in [0.5, 0.6) is 0 Å². The Kier molecular flexibility index (Phi) is 4.89. The van der Waals surface area contributed by atoms with Gasteiger partial charge in [-0.15, -0.1) is 0 Å². The lowest BCUT2D eigenvalue weighted by molar-refractivity contribution is -0.114. The number of aryl methyl sites for hydroxylation is 1. The first-order valence-electron chi connectivity index (χ1n) is 9.48. The number of pyridine rings is 1. The predicted molar refractivity (Wildman–Crippen MR) is 105 cm³/mol. The number of carbonyl (C=O) groups is 1. The van der Waals surface area contributed by atoms with Crippen LogP contribution in [-0.4, -0.2) is 48.5 Å². The lowest BCUT2D eigenvalue weighted by atomic mass is 9.99. The Morgan fingerprint density at radius 1 is 1.19 bits per heavy atom. The SMILES string of the molecule is CC(=O)Nc1ccc2c(c1)C(CN1CCN(c3ccccn3)CC1)CC2. The summed E-state index contributed by atoms with van der Waals surface area (Å²) in [6.07, 6.45) is 4.22. The highest BCUT2D eigenvalue weighted by molar-refractivity contribution is 5.88. The molecule has 5 heteroatoms. The highest BCUT2D eigenvalue weighted by Crippen LogP contribution is 2.35. The van der Waals surface area contributed by atoms with Crippen molar-refractivity contribution in [2.75, 3.05) is 42.9 Å². The quantitative estimate of drug-likeness (QED) is 0.921. The minimum atomic E-state index is -0.00913. The molecule has 1 atom stereocenters. The van der Waals surface area contributed by atoms with Crippen molar-refractivity contribution in [3.63, 3.8) is 0 Å². The van der Waals surface area contributed by atoms with Gasteiger partial charge in [-0.05, 0) is 54.2 Å². The molecule has 0 saturated carbocycles. The molecule has 1 aliphatic carbocycles. The summed E-state index contributed by atoms with van der Waals surface area (Å²) in [4.78, 5) is 20.7. The minimum absolute atomic E-state index is 0.00913. The molecule has 1 fully saturated rings. The fourth-order valence-corrected chi connectivity index (χ4v) is 4.17. The number of anilines is 2. The number of carbonyl (C=O) groups excluding carboxylic acids is 1. The van der Waals surface area contributed by atoms with Crippen LogP contribution in [0.1, 0.15) is 30.4 Å². The molecular weight excluding hydrogens is 324 g/mol. The van der Waals surface area contributed by atoms with Gasteiger partial charge in [0.1, 0.15) is 5.82 Å². The zero-order valence-electron chi connectivity index (χ0n) is 15.3. The number of aromatic nitrogens is 1. The van der Waals surface area contributed by atoms with E-state index in [1.165, 1.54) is 17.5 Å². The molecule has 26 heavy (non-hydrogen) atoms. The average Bonchev–Trinajstić information content (AvgIpc) is 3.05. The van der Waals surface area contributed by atoms with Gasteiger partial charge in [0.05, 0.1) is 0 Å². The molecule has 0 spiro atoms. The van der Waals surface area contributed by atoms with Crippen molar-refractivity contribution >= 4 is 17.4 Å². The van der Waals surface area contributed by atoms with E-state index in [1.54, 1.807) is 6.92 Å². The van der Waals surface area contributed by atoms with E-state index in [0.717, 1.165) is 50.6 Å². The Hall–Kier alpha value is -2.40. The van der Waals surface area contributed by atoms with Crippen LogP contribution < -0.4 is 10.2 Å². The monoisotopic (exact) mass is 350 g/mol. The molecule has 2 aliphatic rings. The maximum atomic E-state index is 11.3. The summed E-state index contributed by atoms with van der Waals surface area (Å²) in [5.41, 5.74) is 3.78. The van der Waals surface area contributed by atoms with Gasteiger partial charge in [0.25, 0.3) is 0 Å². The predicted octanol–water partition coefficient (Wildman–Crippen LogP) is 2.89. The Balaban J connectivity index is 1.37. The first-order valence-corrected chi connectivity index (χ1v) is 9.48. The van der Waals surface area contributed by atoms with Gasteiger partial charge in [0, 0.05) is 51.5 Å². The number of nitrogens with one attached hydrogen (secondary N) is 1. The second-order valence-corrected chi connectivity index (χ2v) is 7.31. The molecule has 1 saturated heterocycles. The molecule has 2 aromatic rings. The standard InChI is InChI=1S/C21H26N4O/c1-16(26)23-19-8-7-17-5-6-18(20(17)14-19)15-24-10-12-25(13-11-24)21-4-2-3-9-22-21/h2-4,7-9,14,18H,5-6,10-13,15H2,1H3,(H,23,26). The van der Waals surface area contributed by atoms with Crippen molar-refractivity contribution in [1.29, 1.82) is 0 Å². The highest BCUT2D eigenvalue weighted by Gasteiger charge is 2.27. The van der Waals surface area contributed by atoms with Gasteiger partial charge >= 0.3 is 0 Å². The number of benzene rings is 1. The number of nitrogens with zero attached hydrogens (tertiary/aromatic N) is 3. The number of fused-ring (bicyclic) bond motifs is 1. The third-order valence-corrected chi connectivity index (χ3v) is 5.49. The molecule has 1 N–H and O–H groups in total. The first kappa shape index (κ1) is 17.0. The summed E-state index contributed by atoms with van der Waals surface area (Å²) in [7, 11) is 0. The molecule has 0 radical (unpaired) electrons. The number of rotatable bonds is 4. The van der Waals surface area contributed by atoms with Crippen LogP contribution in [0, 0.1) is 0 Å². The topological polar surface area (TPSA) is 48.5 Å². The Bertz CT molecular complexity index is 769. The molecule has 4 rings (SSSR count). The lowest BCUT2D eigenvalue weighted by Gasteiger charge is -2.36. The number of piperazine rings is 1. The summed E-state index contributed by atoms with van der Waals surface area (Å²) in [6.45, 7) is 6.88. The summed E-state index contributed by atoms with van der Waals surface area (Å²) in [5.74, 6) is 1.64. The molecule has 1 amide bonds. The third kappa shape index (κ3) is 3.73. The van der Waals surface area contributed by atoms with Crippen LogP contribution in [-0.2, 0) is 11.2 Å². The van der Waals surface area contributed by atoms with Gasteiger partial charge in [-0.1, -0.05) is 12.1 Å². The van der Waals surface area contributed by atoms with E-state index in [-0.39, 0.29) is 5.91 Å². The van der Waals surface area contributed by atoms with Crippen LogP contribution in [0.3, 0.4) is 0 Å². The lowest BCUT2D eigenvalue weighted by Crippen LogP contribution is -2.47. The summed E-state index contributed by atoms with van der Waals surface area (Å²) < 4.78 is 0. The maximum absolute atomic E-state index is 11.3. The maximum Gasteiger partial charge on any atom is 0.221 e. The van der Waals surface area contributed by atoms with Crippen molar-refractivity contribution in [3.05, 3.63) is 53.7 Å². The first-order chi connectivity index (χ1) is 12.7. The van der Waals surface area contributed by atoms with Crippen LogP contribution in [0.25, 0.3) is 0 Å². The Labute approximate surface area is 155 Å². The normalized spacial score (nSPS) is 20.0. The molecule has 1 aliphatic heterocycles. The molecule has 1 aromatic carbocycles. The van der Waals surface area contributed by atoms with Crippen molar-refractivity contribution in [1.82, 2.24) is 9.88 Å². The fraction of sp³-hybridized carbons (Fsp3) is 0.429. The summed E-state index contributed by atoms with van der Waals surface area (Å²) in [6, 6.07) is 12.5. The zero-order chi connectivity index (χ0) is 17.9. The van der Waals surface area contributed by atoms with Gasteiger partial charge < -0.3 is 10.2 Å². The van der Waals surface area contributed by atoms with Gasteiger partial charge in [0.2, 0.25) is 5.91 Å². The van der Waals surface area contributed by atoms with Crippen molar-refractivity contribution in [2.45, 2.75) is 25.7 Å². The number of amides is 1. The fourth-order valence-electron chi connectivity index (χ4n) is 4.17. The van der Waals surface area contributed by atoms with E-state index in [0.29, 0.717) is 5.92 Å². The molecule has 1 aromatic heterocycles. The average molecular weight is 350 g/mol. The number of hydrogen-bond donors (Lipinski definition) is 1. The second-order valence-electron chi connectivity index (χ2n) is 7.31. The van der Waals surface area contributed by atoms with Crippen molar-refractivity contribution < 1.29 is 4.79 Å². The number of hydrogen-bond acceptors (Lipinski definition) is 4. The largest absolute Gasteiger partial charge is 0.354 e. The minimum Gasteiger partial charge on any atom is -0.354 e. The van der Waals surface area contributed by atoms with Crippen LogP contribution in [0.4, 0.5) is 11.5 Å². The van der Waals surface area contributed by atoms with E-state index < -0.39 is 0 Å². The molecule has 1 unspecified atom stereocenters. The third-order valence-electron chi connectivity index (χ3n) is 5.49. The van der Waals surface area contributed by atoms with Gasteiger partial charge in [-0.25, -0.2) is 4.98 Å². The van der Waals surface area contributed by atoms with E-state index >= 15 is 0 Å². The molecule has 0 bridgehead atoms. The van der Waals surface area contributed by atoms with Crippen molar-refractivity contribution in [2.24, 2.45) is 0 Å². The van der Waals surface area contributed by atoms with Crippen LogP contribution in [0.2, 0.25) is 0 Å². The Morgan fingerprint density at radius 3 is 2.77 bits per heavy atom. The smallest absolute Gasteiger partial charge is 0.221 e. The van der Waals surface area contributed by atoms with Crippen molar-refractivity contribution in [3.8, 4) is 0 Å². The van der Waals surface area contributed by atoms with Gasteiger partial charge in [-0.2, -0.15) is 0 Å². The van der Waals surface area contributed by atoms with Crippen LogP contribution in [0.15, 0.2) is 42.6 Å². The second kappa shape index (κ2) is 7.46. The Morgan fingerprint density at radius 2 is 2.04 bits per heavy atom. The van der Waals surface area contributed by atoms with Gasteiger partial charge in [0.15, 0.2) is 0 Å². The molecule has 136 valence electrons. The molecular formula is C21H26N4O. The van der Waals surface area contributed by atoms with Gasteiger partial charge in [-0.3, -0.25) is 9.69 Å². The van der Waals surface area contributed by atoms with E-state index in [4.69, 9.17) is 0 Å². The van der Waals surface area contributed by atoms with E-state index in [9.17, 15) is 4.79 Å². The van der Waals surface area contributed by atoms with E-state index in [1.807, 2.05) is 18.3 Å². The van der Waals surface area contributed by atoms with Crippen LogP contribution >= 0.6 is 0 Å². The zero-order valence-corrected chi connectivity index (χ0v) is 15.3. The molecule has 5 nitrogen and oxygen atoms in total. The molecule has 2 heterocycles. The summed E-state index contributed by atoms with van der Waals surface area (Å²) in [5, 5.41) is 2.92.